The van der Waals surface area contributed by atoms with Crippen molar-refractivity contribution in [3.63, 3.8) is 0 Å². The summed E-state index contributed by atoms with van der Waals surface area (Å²) in [5.74, 6) is 0.918. The minimum atomic E-state index is 0. The highest BCUT2D eigenvalue weighted by molar-refractivity contribution is 5.85. The van der Waals surface area contributed by atoms with E-state index in [1.165, 1.54) is 30.4 Å². The maximum atomic E-state index is 5.24. The summed E-state index contributed by atoms with van der Waals surface area (Å²) in [5, 5.41) is 3.50. The van der Waals surface area contributed by atoms with Crippen LogP contribution < -0.4 is 10.1 Å². The molecule has 3 heteroatoms. The van der Waals surface area contributed by atoms with E-state index in [1.54, 1.807) is 18.2 Å². The van der Waals surface area contributed by atoms with Gasteiger partial charge in [0.2, 0.25) is 0 Å². The van der Waals surface area contributed by atoms with Gasteiger partial charge in [0.15, 0.2) is 0 Å². The monoisotopic (exact) mass is 303 g/mol. The van der Waals surface area contributed by atoms with Crippen LogP contribution in [0.2, 0.25) is 0 Å². The first-order valence-corrected chi connectivity index (χ1v) is 7.29. The molecule has 21 heavy (non-hydrogen) atoms. The quantitative estimate of drug-likeness (QED) is 0.904. The fourth-order valence-corrected chi connectivity index (χ4v) is 2.87. The fourth-order valence-electron chi connectivity index (χ4n) is 2.87. The van der Waals surface area contributed by atoms with E-state index in [-0.39, 0.29) is 12.4 Å². The molecule has 2 aromatic carbocycles. The summed E-state index contributed by atoms with van der Waals surface area (Å²) < 4.78 is 5.24. The lowest BCUT2D eigenvalue weighted by Gasteiger charge is -2.08. The Labute approximate surface area is 132 Å². The highest BCUT2D eigenvalue weighted by Crippen LogP contribution is 2.22. The van der Waals surface area contributed by atoms with Crippen LogP contribution in [0, 0.1) is 0 Å². The van der Waals surface area contributed by atoms with E-state index >= 15 is 0 Å². The van der Waals surface area contributed by atoms with Gasteiger partial charge in [-0.3, -0.25) is 0 Å². The zero-order valence-electron chi connectivity index (χ0n) is 12.4. The molecule has 0 radical (unpaired) electrons. The molecule has 0 unspecified atom stereocenters. The maximum Gasteiger partial charge on any atom is 0.119 e. The van der Waals surface area contributed by atoms with Gasteiger partial charge in [-0.2, -0.15) is 0 Å². The Balaban J connectivity index is 0.00000161. The van der Waals surface area contributed by atoms with Crippen LogP contribution in [0.5, 0.6) is 5.75 Å². The normalized spacial score (nSPS) is 12.6. The number of fused-ring (bicyclic) bond motifs is 1. The van der Waals surface area contributed by atoms with E-state index in [1.807, 2.05) is 12.1 Å². The van der Waals surface area contributed by atoms with Gasteiger partial charge in [0.1, 0.15) is 5.75 Å². The number of hydrogen-bond acceptors (Lipinski definition) is 2. The number of benzene rings is 2. The van der Waals surface area contributed by atoms with Crippen LogP contribution in [0.25, 0.3) is 0 Å². The lowest BCUT2D eigenvalue weighted by atomic mass is 10.1. The molecule has 112 valence electrons. The molecular weight excluding hydrogens is 282 g/mol. The van der Waals surface area contributed by atoms with Crippen molar-refractivity contribution in [1.82, 2.24) is 5.32 Å². The third-order valence-electron chi connectivity index (χ3n) is 3.96. The summed E-state index contributed by atoms with van der Waals surface area (Å²) >= 11 is 0. The van der Waals surface area contributed by atoms with E-state index in [0.717, 1.165) is 18.8 Å². The summed E-state index contributed by atoms with van der Waals surface area (Å²) in [5.41, 5.74) is 5.73. The molecule has 1 aliphatic rings. The Morgan fingerprint density at radius 1 is 0.952 bits per heavy atom. The van der Waals surface area contributed by atoms with Crippen molar-refractivity contribution < 1.29 is 4.74 Å². The lowest BCUT2D eigenvalue weighted by Crippen LogP contribution is -2.12. The van der Waals surface area contributed by atoms with E-state index in [2.05, 4.69) is 35.6 Å². The number of rotatable bonds is 5. The molecule has 0 aromatic heterocycles. The van der Waals surface area contributed by atoms with Crippen LogP contribution in [-0.4, -0.2) is 7.11 Å². The molecular formula is C18H22ClNO. The summed E-state index contributed by atoms with van der Waals surface area (Å²) in [4.78, 5) is 0. The summed E-state index contributed by atoms with van der Waals surface area (Å²) in [7, 11) is 1.71. The van der Waals surface area contributed by atoms with Crippen LogP contribution in [0.15, 0.2) is 42.5 Å². The second kappa shape index (κ2) is 7.48. The topological polar surface area (TPSA) is 21.3 Å². The van der Waals surface area contributed by atoms with Crippen molar-refractivity contribution in [3.05, 3.63) is 64.7 Å². The van der Waals surface area contributed by atoms with E-state index in [0.29, 0.717) is 0 Å². The number of hydrogen-bond donors (Lipinski definition) is 1. The highest BCUT2D eigenvalue weighted by Gasteiger charge is 2.10. The molecule has 3 rings (SSSR count). The van der Waals surface area contributed by atoms with E-state index in [9.17, 15) is 0 Å². The molecule has 0 amide bonds. The largest absolute Gasteiger partial charge is 0.497 e. The van der Waals surface area contributed by atoms with Crippen LogP contribution in [0.4, 0.5) is 0 Å². The van der Waals surface area contributed by atoms with Crippen LogP contribution >= 0.6 is 12.4 Å². The molecule has 0 aliphatic heterocycles. The summed E-state index contributed by atoms with van der Waals surface area (Å²) in [6, 6.07) is 15.1. The first-order valence-electron chi connectivity index (χ1n) is 7.29. The average Bonchev–Trinajstić information content (AvgIpc) is 2.95. The molecule has 0 saturated carbocycles. The second-order valence-electron chi connectivity index (χ2n) is 5.41. The zero-order valence-corrected chi connectivity index (χ0v) is 13.2. The number of ether oxygens (including phenoxy) is 1. The molecule has 0 heterocycles. The fraction of sp³-hybridized carbons (Fsp3) is 0.333. The Bertz CT molecular complexity index is 598. The number of methoxy groups -OCH3 is 1. The van der Waals surface area contributed by atoms with Gasteiger partial charge >= 0.3 is 0 Å². The van der Waals surface area contributed by atoms with Gasteiger partial charge < -0.3 is 10.1 Å². The maximum absolute atomic E-state index is 5.24. The predicted molar refractivity (Wildman–Crippen MR) is 89.3 cm³/mol. The van der Waals surface area contributed by atoms with Crippen molar-refractivity contribution in [2.45, 2.75) is 32.4 Å². The smallest absolute Gasteiger partial charge is 0.119 e. The standard InChI is InChI=1S/C18H21NO.ClH/c1-20-18-7-2-4-14(11-18)12-19-13-15-8-9-16-5-3-6-17(16)10-15;/h2,4,7-11,19H,3,5-6,12-13H2,1H3;1H. The van der Waals surface area contributed by atoms with Crippen molar-refractivity contribution in [3.8, 4) is 5.75 Å². The van der Waals surface area contributed by atoms with Gasteiger partial charge in [0.25, 0.3) is 0 Å². The first kappa shape index (κ1) is 15.9. The van der Waals surface area contributed by atoms with Crippen LogP contribution in [-0.2, 0) is 25.9 Å². The molecule has 0 atom stereocenters. The zero-order chi connectivity index (χ0) is 13.8. The second-order valence-corrected chi connectivity index (χ2v) is 5.41. The van der Waals surface area contributed by atoms with Crippen molar-refractivity contribution in [2.75, 3.05) is 7.11 Å². The number of nitrogens with one attached hydrogen (secondary N) is 1. The van der Waals surface area contributed by atoms with Gasteiger partial charge in [-0.15, -0.1) is 12.4 Å². The Kier molecular flexibility index (Phi) is 5.66. The van der Waals surface area contributed by atoms with Gasteiger partial charge in [-0.05, 0) is 53.6 Å². The Morgan fingerprint density at radius 3 is 2.52 bits per heavy atom. The van der Waals surface area contributed by atoms with Gasteiger partial charge in [-0.25, -0.2) is 0 Å². The van der Waals surface area contributed by atoms with Crippen LogP contribution in [0.3, 0.4) is 0 Å². The van der Waals surface area contributed by atoms with Crippen LogP contribution in [0.1, 0.15) is 28.7 Å². The SMILES string of the molecule is COc1cccc(CNCc2ccc3c(c2)CCC3)c1.Cl. The summed E-state index contributed by atoms with van der Waals surface area (Å²) in [6.07, 6.45) is 3.82. The minimum Gasteiger partial charge on any atom is -0.497 e. The number of halogens is 1. The van der Waals surface area contributed by atoms with Gasteiger partial charge in [0.05, 0.1) is 7.11 Å². The van der Waals surface area contributed by atoms with Gasteiger partial charge in [0, 0.05) is 13.1 Å². The molecule has 1 aliphatic carbocycles. The average molecular weight is 304 g/mol. The third kappa shape index (κ3) is 3.99. The first-order chi connectivity index (χ1) is 9.85. The molecule has 0 spiro atoms. The predicted octanol–water partition coefficient (Wildman–Crippen LogP) is 3.90. The molecule has 1 N–H and O–H groups in total. The molecule has 0 saturated heterocycles. The molecule has 2 aromatic rings. The third-order valence-corrected chi connectivity index (χ3v) is 3.96. The van der Waals surface area contributed by atoms with Crippen molar-refractivity contribution >= 4 is 12.4 Å². The van der Waals surface area contributed by atoms with E-state index in [4.69, 9.17) is 4.74 Å². The van der Waals surface area contributed by atoms with Crippen molar-refractivity contribution in [1.29, 1.82) is 0 Å². The molecule has 0 fully saturated rings. The Hall–Kier alpha value is -1.51. The number of aryl methyl sites for hydroxylation is 2. The van der Waals surface area contributed by atoms with E-state index < -0.39 is 0 Å². The Morgan fingerprint density at radius 2 is 1.71 bits per heavy atom. The molecule has 0 bridgehead atoms. The van der Waals surface area contributed by atoms with Gasteiger partial charge in [-0.1, -0.05) is 30.3 Å². The molecule has 2 nitrogen and oxygen atoms in total. The highest BCUT2D eigenvalue weighted by atomic mass is 35.5. The minimum absolute atomic E-state index is 0. The van der Waals surface area contributed by atoms with Crippen molar-refractivity contribution in [2.24, 2.45) is 0 Å². The summed E-state index contributed by atoms with van der Waals surface area (Å²) in [6.45, 7) is 1.79. The lowest BCUT2D eigenvalue weighted by molar-refractivity contribution is 0.414.